The molecule has 84 valence electrons. The van der Waals surface area contributed by atoms with Gasteiger partial charge in [0.05, 0.1) is 12.4 Å². The second-order valence-electron chi connectivity index (χ2n) is 3.03. The van der Waals surface area contributed by atoms with Gasteiger partial charge in [-0.1, -0.05) is 19.9 Å². The Morgan fingerprint density at radius 3 is 2.36 bits per heavy atom. The Hall–Kier alpha value is -0.403. The van der Waals surface area contributed by atoms with Gasteiger partial charge in [0.2, 0.25) is 0 Å². The highest BCUT2D eigenvalue weighted by Crippen LogP contribution is 2.12. The first-order chi connectivity index (χ1) is 6.40. The first kappa shape index (κ1) is 13.6. The topological polar surface area (TPSA) is 79.2 Å². The average Bonchev–Trinajstić information content (AvgIpc) is 2.01. The molecule has 0 heterocycles. The quantitative estimate of drug-likeness (QED) is 0.421. The van der Waals surface area contributed by atoms with Crippen molar-refractivity contribution >= 4 is 9.05 Å². The predicted molar refractivity (Wildman–Crippen MR) is 52.9 cm³/mol. The van der Waals surface area contributed by atoms with Gasteiger partial charge in [-0.05, 0) is 13.3 Å². The molecule has 6 heteroatoms. The summed E-state index contributed by atoms with van der Waals surface area (Å²) in [5.74, 6) is 0. The summed E-state index contributed by atoms with van der Waals surface area (Å²) in [5, 5.41) is 0. The second kappa shape index (κ2) is 6.15. The summed E-state index contributed by atoms with van der Waals surface area (Å²) in [5.41, 5.74) is 0. The number of hydrogen-bond donors (Lipinski definition) is 3. The molecule has 0 saturated heterocycles. The lowest BCUT2D eigenvalue weighted by molar-refractivity contribution is -0.0363. The second-order valence-corrected chi connectivity index (χ2v) is 4.41. The van der Waals surface area contributed by atoms with Crippen LogP contribution in [0.4, 0.5) is 0 Å². The number of hydrogen-bond acceptors (Lipinski definition) is 5. The minimum absolute atomic E-state index is 0.323. The van der Waals surface area contributed by atoms with E-state index in [-0.39, 0.29) is 6.10 Å². The van der Waals surface area contributed by atoms with E-state index in [9.17, 15) is 0 Å². The van der Waals surface area contributed by atoms with Gasteiger partial charge in [0.1, 0.15) is 6.10 Å². The molecule has 0 radical (unpaired) electrons. The van der Waals surface area contributed by atoms with E-state index in [1.807, 2.05) is 6.92 Å². The van der Waals surface area contributed by atoms with Gasteiger partial charge in [-0.25, -0.2) is 0 Å². The summed E-state index contributed by atoms with van der Waals surface area (Å²) >= 11 is 0. The molecule has 5 nitrogen and oxygen atoms in total. The van der Waals surface area contributed by atoms with E-state index >= 15 is 0 Å². The van der Waals surface area contributed by atoms with Gasteiger partial charge in [0.15, 0.2) is 0 Å². The summed E-state index contributed by atoms with van der Waals surface area (Å²) in [4.78, 5) is 26.2. The zero-order chi connectivity index (χ0) is 11.2. The van der Waals surface area contributed by atoms with Crippen molar-refractivity contribution in [1.29, 1.82) is 0 Å². The fraction of sp³-hybridized carbons (Fsp3) is 0.750. The van der Waals surface area contributed by atoms with E-state index in [2.05, 4.69) is 11.0 Å². The average molecular weight is 222 g/mol. The van der Waals surface area contributed by atoms with Crippen LogP contribution >= 0.6 is 0 Å². The molecule has 0 aromatic rings. The first-order valence-corrected chi connectivity index (χ1v) is 6.27. The van der Waals surface area contributed by atoms with Crippen molar-refractivity contribution in [1.82, 2.24) is 0 Å². The minimum atomic E-state index is -4.46. The van der Waals surface area contributed by atoms with Crippen molar-refractivity contribution in [3.05, 3.63) is 12.8 Å². The molecular formula is C8H18O5Si. The number of ether oxygens (including phenoxy) is 1. The fourth-order valence-corrected chi connectivity index (χ4v) is 1.80. The maximum atomic E-state index is 8.72. The molecule has 0 rings (SSSR count). The molecule has 0 amide bonds. The van der Waals surface area contributed by atoms with Crippen LogP contribution < -0.4 is 0 Å². The minimum Gasteiger partial charge on any atom is -0.496 e. The van der Waals surface area contributed by atoms with Crippen molar-refractivity contribution in [2.24, 2.45) is 0 Å². The molecule has 3 N–H and O–H groups in total. The van der Waals surface area contributed by atoms with Crippen LogP contribution in [0, 0.1) is 0 Å². The molecule has 0 saturated carbocycles. The Balaban J connectivity index is 4.13. The Kier molecular flexibility index (Phi) is 5.97. The first-order valence-electron chi connectivity index (χ1n) is 4.52. The van der Waals surface area contributed by atoms with Crippen LogP contribution in [-0.2, 0) is 9.16 Å². The fourth-order valence-electron chi connectivity index (χ4n) is 1.15. The van der Waals surface area contributed by atoms with Crippen LogP contribution in [-0.4, -0.2) is 35.6 Å². The van der Waals surface area contributed by atoms with E-state index in [1.54, 1.807) is 6.92 Å². The Morgan fingerprint density at radius 2 is 2.00 bits per heavy atom. The summed E-state index contributed by atoms with van der Waals surface area (Å²) in [6.07, 6.45) is 1.92. The van der Waals surface area contributed by atoms with E-state index in [4.69, 9.17) is 19.1 Å². The van der Waals surface area contributed by atoms with Crippen LogP contribution in [0.3, 0.4) is 0 Å². The van der Waals surface area contributed by atoms with E-state index < -0.39 is 15.2 Å². The maximum absolute atomic E-state index is 8.72. The van der Waals surface area contributed by atoms with Gasteiger partial charge in [-0.2, -0.15) is 0 Å². The van der Waals surface area contributed by atoms with Gasteiger partial charge < -0.3 is 23.5 Å². The van der Waals surface area contributed by atoms with Crippen LogP contribution in [0.25, 0.3) is 0 Å². The van der Waals surface area contributed by atoms with Crippen molar-refractivity contribution in [2.75, 3.05) is 0 Å². The van der Waals surface area contributed by atoms with Gasteiger partial charge in [0, 0.05) is 0 Å². The zero-order valence-corrected chi connectivity index (χ0v) is 9.51. The number of rotatable bonds is 7. The SMILES string of the molecule is C=COC(CCC)C(C)O[Si](O)(O)O. The van der Waals surface area contributed by atoms with Crippen LogP contribution in [0.2, 0.25) is 0 Å². The smallest absolute Gasteiger partial charge is 0.496 e. The summed E-state index contributed by atoms with van der Waals surface area (Å²) in [6, 6.07) is 0. The highest BCUT2D eigenvalue weighted by Gasteiger charge is 2.35. The molecule has 0 spiro atoms. The molecule has 2 atom stereocenters. The lowest BCUT2D eigenvalue weighted by Gasteiger charge is -2.25. The third-order valence-corrected chi connectivity index (χ3v) is 2.40. The highest BCUT2D eigenvalue weighted by molar-refractivity contribution is 6.48. The van der Waals surface area contributed by atoms with Crippen molar-refractivity contribution < 1.29 is 23.5 Å². The molecule has 14 heavy (non-hydrogen) atoms. The molecular weight excluding hydrogens is 204 g/mol. The van der Waals surface area contributed by atoms with Gasteiger partial charge in [-0.15, -0.1) is 0 Å². The Labute approximate surface area is 85.1 Å². The Morgan fingerprint density at radius 1 is 1.43 bits per heavy atom. The molecule has 2 unspecified atom stereocenters. The zero-order valence-electron chi connectivity index (χ0n) is 8.51. The largest absolute Gasteiger partial charge is 0.671 e. The van der Waals surface area contributed by atoms with Gasteiger partial charge in [0.25, 0.3) is 0 Å². The molecule has 0 aliphatic carbocycles. The summed E-state index contributed by atoms with van der Waals surface area (Å²) in [7, 11) is -4.46. The van der Waals surface area contributed by atoms with Gasteiger partial charge in [-0.3, -0.25) is 0 Å². The standard InChI is InChI=1S/C8H18O5Si/c1-4-6-8(12-5-2)7(3)13-14(9,10)11/h5,7-11H,2,4,6H2,1,3H3. The van der Waals surface area contributed by atoms with Crippen LogP contribution in [0.15, 0.2) is 12.8 Å². The monoisotopic (exact) mass is 222 g/mol. The van der Waals surface area contributed by atoms with Crippen molar-refractivity contribution in [3.63, 3.8) is 0 Å². The maximum Gasteiger partial charge on any atom is 0.671 e. The van der Waals surface area contributed by atoms with E-state index in [0.717, 1.165) is 6.42 Å². The predicted octanol–water partition coefficient (Wildman–Crippen LogP) is 0.133. The van der Waals surface area contributed by atoms with Crippen LogP contribution in [0.5, 0.6) is 0 Å². The van der Waals surface area contributed by atoms with Crippen molar-refractivity contribution in [2.45, 2.75) is 38.9 Å². The van der Waals surface area contributed by atoms with Gasteiger partial charge >= 0.3 is 9.05 Å². The van der Waals surface area contributed by atoms with Crippen LogP contribution in [0.1, 0.15) is 26.7 Å². The molecule has 0 aliphatic rings. The Bertz CT molecular complexity index is 168. The molecule has 0 aliphatic heterocycles. The summed E-state index contributed by atoms with van der Waals surface area (Å²) < 4.78 is 9.76. The lowest BCUT2D eigenvalue weighted by atomic mass is 10.1. The third-order valence-electron chi connectivity index (χ3n) is 1.71. The molecule has 0 fully saturated rings. The van der Waals surface area contributed by atoms with E-state index in [0.29, 0.717) is 6.42 Å². The summed E-state index contributed by atoms with van der Waals surface area (Å²) in [6.45, 7) is 6.98. The lowest BCUT2D eigenvalue weighted by Crippen LogP contribution is -2.45. The highest BCUT2D eigenvalue weighted by atomic mass is 28.4. The molecule has 0 aromatic heterocycles. The molecule has 0 bridgehead atoms. The van der Waals surface area contributed by atoms with Crippen molar-refractivity contribution in [3.8, 4) is 0 Å². The van der Waals surface area contributed by atoms with E-state index in [1.165, 1.54) is 6.26 Å². The normalized spacial score (nSPS) is 16.1. The third kappa shape index (κ3) is 6.11. The molecule has 0 aromatic carbocycles.